The second-order valence-electron chi connectivity index (χ2n) is 12.5. The van der Waals surface area contributed by atoms with Crippen LogP contribution in [0.5, 0.6) is 0 Å². The molecule has 2 aliphatic heterocycles. The van der Waals surface area contributed by atoms with E-state index in [1.165, 1.54) is 68.8 Å². The van der Waals surface area contributed by atoms with Crippen molar-refractivity contribution in [2.75, 3.05) is 42.5 Å². The molecule has 0 bridgehead atoms. The van der Waals surface area contributed by atoms with Crippen LogP contribution in [0.4, 0.5) is 11.5 Å². The number of amides is 1. The third-order valence-corrected chi connectivity index (χ3v) is 10.5. The van der Waals surface area contributed by atoms with Gasteiger partial charge in [-0.1, -0.05) is 120 Å². The Bertz CT molecular complexity index is 1450. The zero-order chi connectivity index (χ0) is 32.9. The molecule has 7 nitrogen and oxygen atoms in total. The number of para-hydroxylation sites is 1. The van der Waals surface area contributed by atoms with E-state index in [2.05, 4.69) is 54.0 Å². The fraction of sp³-hybridized carbons (Fsp3) is 0.568. The molecule has 0 saturated carbocycles. The van der Waals surface area contributed by atoms with Crippen LogP contribution in [0.25, 0.3) is 6.08 Å². The zero-order valence-corrected chi connectivity index (χ0v) is 29.7. The van der Waals surface area contributed by atoms with E-state index in [4.69, 9.17) is 12.2 Å². The average molecular weight is 662 g/mol. The standard InChI is InChI=1S/C37H51N5O2S2/c1-4-6-8-9-10-11-12-13-14-18-22-42-36(44)33(46-37(42)45)27-31-29(3)32(28-38)35(43)41(21-7-5-2)34(31)40-25-23-39(24-26-40)30-19-16-15-17-20-30/h15-17,19-20,27H,4-14,18,21-26H2,1-3H3/b33-27-. The second-order valence-corrected chi connectivity index (χ2v) is 14.2. The van der Waals surface area contributed by atoms with Gasteiger partial charge in [-0.15, -0.1) is 0 Å². The van der Waals surface area contributed by atoms with Gasteiger partial charge in [-0.3, -0.25) is 19.1 Å². The van der Waals surface area contributed by atoms with E-state index in [0.29, 0.717) is 27.9 Å². The highest BCUT2D eigenvalue weighted by Crippen LogP contribution is 2.36. The van der Waals surface area contributed by atoms with E-state index in [0.717, 1.165) is 63.2 Å². The number of nitriles is 1. The maximum absolute atomic E-state index is 13.7. The van der Waals surface area contributed by atoms with Gasteiger partial charge >= 0.3 is 0 Å². The Hall–Kier alpha value is -3.09. The molecule has 2 fully saturated rings. The van der Waals surface area contributed by atoms with Crippen LogP contribution in [0, 0.1) is 18.3 Å². The largest absolute Gasteiger partial charge is 0.368 e. The fourth-order valence-electron chi connectivity index (χ4n) is 6.41. The molecule has 9 heteroatoms. The molecular formula is C37H51N5O2S2. The fourth-order valence-corrected chi connectivity index (χ4v) is 7.70. The predicted molar refractivity (Wildman–Crippen MR) is 198 cm³/mol. The molecule has 1 aromatic carbocycles. The lowest BCUT2D eigenvalue weighted by Crippen LogP contribution is -2.48. The van der Waals surface area contributed by atoms with Crippen molar-refractivity contribution in [1.82, 2.24) is 9.47 Å². The summed E-state index contributed by atoms with van der Waals surface area (Å²) in [7, 11) is 0. The number of rotatable bonds is 17. The summed E-state index contributed by atoms with van der Waals surface area (Å²) in [6, 6.07) is 12.6. The third-order valence-electron chi connectivity index (χ3n) is 9.17. The van der Waals surface area contributed by atoms with Gasteiger partial charge in [0.2, 0.25) is 0 Å². The van der Waals surface area contributed by atoms with Crippen molar-refractivity contribution in [2.45, 2.75) is 104 Å². The minimum absolute atomic E-state index is 0.0741. The highest BCUT2D eigenvalue weighted by atomic mass is 32.2. The highest BCUT2D eigenvalue weighted by Gasteiger charge is 2.33. The number of piperazine rings is 1. The first-order valence-electron chi connectivity index (χ1n) is 17.4. The summed E-state index contributed by atoms with van der Waals surface area (Å²) in [4.78, 5) is 34.3. The summed E-state index contributed by atoms with van der Waals surface area (Å²) in [6.07, 6.45) is 16.1. The number of unbranched alkanes of at least 4 members (excludes halogenated alkanes) is 10. The number of nitrogens with zero attached hydrogens (tertiary/aromatic N) is 5. The van der Waals surface area contributed by atoms with Crippen LogP contribution < -0.4 is 15.4 Å². The van der Waals surface area contributed by atoms with Crippen LogP contribution in [-0.2, 0) is 11.3 Å². The molecule has 3 heterocycles. The Balaban J connectivity index is 1.52. The molecule has 0 radical (unpaired) electrons. The highest BCUT2D eigenvalue weighted by molar-refractivity contribution is 8.26. The van der Waals surface area contributed by atoms with E-state index in [9.17, 15) is 14.9 Å². The van der Waals surface area contributed by atoms with Crippen LogP contribution >= 0.6 is 24.0 Å². The van der Waals surface area contributed by atoms with Crippen LogP contribution in [0.3, 0.4) is 0 Å². The quantitative estimate of drug-likeness (QED) is 0.0960. The third kappa shape index (κ3) is 9.04. The van der Waals surface area contributed by atoms with Crippen LogP contribution in [0.15, 0.2) is 40.0 Å². The monoisotopic (exact) mass is 661 g/mol. The number of aromatic nitrogens is 1. The van der Waals surface area contributed by atoms with Gasteiger partial charge in [-0.05, 0) is 43.5 Å². The number of thiocarbonyl (C=S) groups is 1. The van der Waals surface area contributed by atoms with Gasteiger partial charge in [0.15, 0.2) is 0 Å². The molecule has 2 aliphatic rings. The summed E-state index contributed by atoms with van der Waals surface area (Å²) in [5, 5.41) is 10.0. The van der Waals surface area contributed by atoms with Crippen molar-refractivity contribution in [3.63, 3.8) is 0 Å². The van der Waals surface area contributed by atoms with E-state index in [1.807, 2.05) is 19.1 Å². The SMILES string of the molecule is CCCCCCCCCCCCN1C(=O)/C(=C/c2c(C)c(C#N)c(=O)n(CCCC)c2N2CCN(c3ccccc3)CC2)SC1=S. The maximum Gasteiger partial charge on any atom is 0.270 e. The molecule has 1 amide bonds. The summed E-state index contributed by atoms with van der Waals surface area (Å²) < 4.78 is 2.37. The molecule has 0 N–H and O–H groups in total. The molecule has 0 spiro atoms. The smallest absolute Gasteiger partial charge is 0.270 e. The van der Waals surface area contributed by atoms with Gasteiger partial charge in [0, 0.05) is 50.5 Å². The van der Waals surface area contributed by atoms with Crippen molar-refractivity contribution in [1.29, 1.82) is 5.26 Å². The molecule has 46 heavy (non-hydrogen) atoms. The Labute approximate surface area is 285 Å². The number of thioether (sulfide) groups is 1. The molecule has 2 aromatic rings. The van der Waals surface area contributed by atoms with E-state index >= 15 is 0 Å². The van der Waals surface area contributed by atoms with Crippen molar-refractivity contribution < 1.29 is 4.79 Å². The summed E-state index contributed by atoms with van der Waals surface area (Å²) in [5.41, 5.74) is 2.49. The summed E-state index contributed by atoms with van der Waals surface area (Å²) in [5.74, 6) is 0.734. The van der Waals surface area contributed by atoms with E-state index < -0.39 is 0 Å². The second kappa shape index (κ2) is 18.3. The zero-order valence-electron chi connectivity index (χ0n) is 28.1. The maximum atomic E-state index is 13.7. The molecule has 1 aromatic heterocycles. The number of hydrogen-bond donors (Lipinski definition) is 0. The Kier molecular flexibility index (Phi) is 14.2. The van der Waals surface area contributed by atoms with Gasteiger partial charge in [0.25, 0.3) is 11.5 Å². The predicted octanol–water partition coefficient (Wildman–Crippen LogP) is 8.28. The molecule has 248 valence electrons. The first-order valence-corrected chi connectivity index (χ1v) is 18.6. The van der Waals surface area contributed by atoms with E-state index in [1.54, 1.807) is 9.47 Å². The van der Waals surface area contributed by atoms with Crippen molar-refractivity contribution in [2.24, 2.45) is 0 Å². The molecule has 0 atom stereocenters. The minimum Gasteiger partial charge on any atom is -0.368 e. The van der Waals surface area contributed by atoms with Crippen molar-refractivity contribution >= 4 is 51.8 Å². The lowest BCUT2D eigenvalue weighted by molar-refractivity contribution is -0.122. The van der Waals surface area contributed by atoms with Gasteiger partial charge in [0.1, 0.15) is 21.8 Å². The van der Waals surface area contributed by atoms with Crippen molar-refractivity contribution in [3.05, 3.63) is 62.3 Å². The van der Waals surface area contributed by atoms with Crippen molar-refractivity contribution in [3.8, 4) is 6.07 Å². The molecule has 0 unspecified atom stereocenters. The van der Waals surface area contributed by atoms with Gasteiger partial charge in [-0.25, -0.2) is 0 Å². The number of carbonyl (C=O) groups is 1. The number of anilines is 2. The number of carbonyl (C=O) groups excluding carboxylic acids is 1. The molecular weight excluding hydrogens is 611 g/mol. The van der Waals surface area contributed by atoms with Crippen LogP contribution in [0.1, 0.15) is 108 Å². The van der Waals surface area contributed by atoms with Crippen LogP contribution in [-0.4, -0.2) is 52.4 Å². The molecule has 0 aliphatic carbocycles. The Morgan fingerprint density at radius 3 is 2.02 bits per heavy atom. The van der Waals surface area contributed by atoms with E-state index in [-0.39, 0.29) is 17.0 Å². The summed E-state index contributed by atoms with van der Waals surface area (Å²) in [6.45, 7) is 10.4. The minimum atomic E-state index is -0.250. The number of hydrogen-bond acceptors (Lipinski definition) is 7. The summed E-state index contributed by atoms with van der Waals surface area (Å²) >= 11 is 7.02. The lowest BCUT2D eigenvalue weighted by Gasteiger charge is -2.39. The average Bonchev–Trinajstić information content (AvgIpc) is 3.34. The van der Waals surface area contributed by atoms with Gasteiger partial charge in [0.05, 0.1) is 4.91 Å². The number of pyridine rings is 1. The van der Waals surface area contributed by atoms with Crippen LogP contribution in [0.2, 0.25) is 0 Å². The topological polar surface area (TPSA) is 72.6 Å². The molecule has 4 rings (SSSR count). The van der Waals surface area contributed by atoms with Gasteiger partial charge in [-0.2, -0.15) is 5.26 Å². The normalized spacial score (nSPS) is 16.1. The first kappa shape index (κ1) is 35.8. The molecule has 2 saturated heterocycles. The van der Waals surface area contributed by atoms with Gasteiger partial charge < -0.3 is 9.80 Å². The Morgan fingerprint density at radius 1 is 0.826 bits per heavy atom. The Morgan fingerprint density at radius 2 is 1.41 bits per heavy atom. The first-order chi connectivity index (χ1) is 22.4. The lowest BCUT2D eigenvalue weighted by atomic mass is 10.0. The number of benzene rings is 1.